The highest BCUT2D eigenvalue weighted by atomic mass is 79.9. The Bertz CT molecular complexity index is 660. The number of thioether (sulfide) groups is 1. The van der Waals surface area contributed by atoms with E-state index in [1.807, 2.05) is 0 Å². The molecule has 0 saturated carbocycles. The molecule has 1 aromatic carbocycles. The summed E-state index contributed by atoms with van der Waals surface area (Å²) in [5.74, 6) is 0. The molecule has 0 aliphatic carbocycles. The Morgan fingerprint density at radius 1 is 1.22 bits per heavy atom. The summed E-state index contributed by atoms with van der Waals surface area (Å²) in [6.45, 7) is 1.95. The van der Waals surface area contributed by atoms with Gasteiger partial charge in [0.2, 0.25) is 0 Å². The number of halogens is 1. The van der Waals surface area contributed by atoms with Crippen molar-refractivity contribution in [2.45, 2.75) is 0 Å². The van der Waals surface area contributed by atoms with E-state index in [-0.39, 0.29) is 17.0 Å². The number of fused-ring (bicyclic) bond motifs is 2. The monoisotopic (exact) mass is 338 g/mol. The van der Waals surface area contributed by atoms with Crippen LogP contribution in [0.1, 0.15) is 5.56 Å². The van der Waals surface area contributed by atoms with Gasteiger partial charge in [-0.25, -0.2) is 0 Å². The minimum atomic E-state index is 0. The molecule has 92 valence electrons. The van der Waals surface area contributed by atoms with Crippen molar-refractivity contribution in [3.8, 4) is 0 Å². The molecule has 0 N–H and O–H groups in total. The molecular weight excluding hydrogens is 328 g/mol. The average molecular weight is 339 g/mol. The maximum atomic E-state index is 4.48. The van der Waals surface area contributed by atoms with Gasteiger partial charge in [0.1, 0.15) is 0 Å². The van der Waals surface area contributed by atoms with Crippen LogP contribution in [0.3, 0.4) is 0 Å². The van der Waals surface area contributed by atoms with E-state index in [9.17, 15) is 0 Å². The minimum Gasteiger partial charge on any atom is -0.318 e. The molecule has 0 radical (unpaired) electrons. The number of benzene rings is 1. The van der Waals surface area contributed by atoms with Gasteiger partial charge in [-0.1, -0.05) is 17.8 Å². The number of aliphatic imine (C=N–C) groups is 1. The molecule has 0 bridgehead atoms. The third kappa shape index (κ3) is 1.81. The highest BCUT2D eigenvalue weighted by Gasteiger charge is 2.26. The Labute approximate surface area is 124 Å². The molecule has 3 heterocycles. The molecule has 2 nitrogen and oxygen atoms in total. The maximum Gasteiger partial charge on any atom is 0.168 e. The zero-order valence-corrected chi connectivity index (χ0v) is 12.8. The van der Waals surface area contributed by atoms with E-state index in [0.29, 0.717) is 0 Å². The second-order valence-electron chi connectivity index (χ2n) is 4.11. The van der Waals surface area contributed by atoms with Crippen LogP contribution in [0.5, 0.6) is 0 Å². The number of thiophene rings is 1. The first-order valence-electron chi connectivity index (χ1n) is 5.58. The summed E-state index contributed by atoms with van der Waals surface area (Å²) < 4.78 is 1.36. The van der Waals surface area contributed by atoms with Crippen LogP contribution in [-0.2, 0) is 0 Å². The predicted octanol–water partition coefficient (Wildman–Crippen LogP) is 4.20. The molecule has 5 heteroatoms. The van der Waals surface area contributed by atoms with E-state index < -0.39 is 0 Å². The van der Waals surface area contributed by atoms with Crippen molar-refractivity contribution in [2.75, 3.05) is 13.1 Å². The lowest BCUT2D eigenvalue weighted by Crippen LogP contribution is -2.19. The van der Waals surface area contributed by atoms with Crippen molar-refractivity contribution >= 4 is 61.0 Å². The number of nitrogens with zero attached hydrogens (tertiary/aromatic N) is 2. The van der Waals surface area contributed by atoms with Crippen LogP contribution >= 0.6 is 40.1 Å². The Morgan fingerprint density at radius 2 is 2.17 bits per heavy atom. The third-order valence-electron chi connectivity index (χ3n) is 3.12. The number of rotatable bonds is 1. The van der Waals surface area contributed by atoms with E-state index in [1.165, 1.54) is 21.3 Å². The van der Waals surface area contributed by atoms with E-state index in [1.54, 1.807) is 23.1 Å². The lowest BCUT2D eigenvalue weighted by atomic mass is 10.1. The van der Waals surface area contributed by atoms with Gasteiger partial charge in [-0.3, -0.25) is 4.99 Å². The van der Waals surface area contributed by atoms with Crippen molar-refractivity contribution < 1.29 is 0 Å². The Hall–Kier alpha value is -0.780. The van der Waals surface area contributed by atoms with Gasteiger partial charge in [0.15, 0.2) is 5.17 Å². The molecule has 4 rings (SSSR count). The second kappa shape index (κ2) is 4.72. The van der Waals surface area contributed by atoms with Crippen molar-refractivity contribution in [3.05, 3.63) is 40.6 Å². The smallest absolute Gasteiger partial charge is 0.168 e. The van der Waals surface area contributed by atoms with Crippen LogP contribution in [0.2, 0.25) is 0 Å². The fourth-order valence-electron chi connectivity index (χ4n) is 2.27. The van der Waals surface area contributed by atoms with Crippen LogP contribution in [0.15, 0.2) is 40.0 Å². The summed E-state index contributed by atoms with van der Waals surface area (Å²) in [4.78, 5) is 6.80. The van der Waals surface area contributed by atoms with Gasteiger partial charge in [-0.2, -0.15) is 0 Å². The summed E-state index contributed by atoms with van der Waals surface area (Å²) in [6.07, 6.45) is 0. The molecule has 0 fully saturated rings. The first kappa shape index (κ1) is 12.3. The number of amidine groups is 1. The second-order valence-corrected chi connectivity index (χ2v) is 5.89. The van der Waals surface area contributed by atoms with Crippen LogP contribution in [0, 0.1) is 0 Å². The van der Waals surface area contributed by atoms with Crippen LogP contribution in [-0.4, -0.2) is 23.2 Å². The lowest BCUT2D eigenvalue weighted by Gasteiger charge is -2.16. The summed E-state index contributed by atoms with van der Waals surface area (Å²) in [6, 6.07) is 8.89. The normalized spacial score (nSPS) is 17.4. The molecule has 2 aliphatic rings. The Kier molecular flexibility index (Phi) is 3.21. The topological polar surface area (TPSA) is 15.6 Å². The molecule has 0 amide bonds. The fraction of sp³-hybridized carbons (Fsp3) is 0.154. The van der Waals surface area contributed by atoms with Crippen molar-refractivity contribution in [1.82, 2.24) is 4.90 Å². The molecule has 2 aliphatic heterocycles. The zero-order valence-electron chi connectivity index (χ0n) is 9.50. The lowest BCUT2D eigenvalue weighted by molar-refractivity contribution is 0.650. The van der Waals surface area contributed by atoms with Gasteiger partial charge >= 0.3 is 0 Å². The van der Waals surface area contributed by atoms with Gasteiger partial charge in [-0.15, -0.1) is 28.3 Å². The fourth-order valence-corrected chi connectivity index (χ4v) is 4.01. The minimum absolute atomic E-state index is 0. The van der Waals surface area contributed by atoms with Crippen molar-refractivity contribution in [1.29, 1.82) is 0 Å². The Morgan fingerprint density at radius 3 is 3.11 bits per heavy atom. The summed E-state index contributed by atoms with van der Waals surface area (Å²) in [7, 11) is 0. The van der Waals surface area contributed by atoms with Gasteiger partial charge in [0.05, 0.1) is 12.2 Å². The van der Waals surface area contributed by atoms with Crippen LogP contribution in [0.4, 0.5) is 0 Å². The van der Waals surface area contributed by atoms with Gasteiger partial charge in [0.25, 0.3) is 0 Å². The SMILES string of the molecule is Br.C1=C(c2ccc3sccc3c2)N2CCN=C2S1. The van der Waals surface area contributed by atoms with Gasteiger partial charge in [-0.05, 0) is 34.5 Å². The first-order valence-corrected chi connectivity index (χ1v) is 7.34. The molecule has 0 saturated heterocycles. The van der Waals surface area contributed by atoms with Gasteiger partial charge in [0, 0.05) is 16.7 Å². The molecular formula is C13H11BrN2S2. The van der Waals surface area contributed by atoms with Crippen LogP contribution < -0.4 is 0 Å². The highest BCUT2D eigenvalue weighted by molar-refractivity contribution is 8.93. The predicted molar refractivity (Wildman–Crippen MR) is 86.7 cm³/mol. The molecule has 18 heavy (non-hydrogen) atoms. The zero-order chi connectivity index (χ0) is 11.2. The molecule has 0 atom stereocenters. The maximum absolute atomic E-state index is 4.48. The van der Waals surface area contributed by atoms with Crippen molar-refractivity contribution in [3.63, 3.8) is 0 Å². The average Bonchev–Trinajstić information content (AvgIpc) is 3.03. The van der Waals surface area contributed by atoms with Crippen LogP contribution in [0.25, 0.3) is 15.8 Å². The molecule has 0 spiro atoms. The standard InChI is InChI=1S/C13H10N2S2.BrH/c1-2-12-10(3-6-16-12)7-9(1)11-8-17-13-14-4-5-15(11)13;/h1-3,6-8H,4-5H2;1H. The highest BCUT2D eigenvalue weighted by Crippen LogP contribution is 2.36. The molecule has 2 aromatic rings. The quantitative estimate of drug-likeness (QED) is 0.774. The number of hydrogen-bond acceptors (Lipinski definition) is 4. The first-order chi connectivity index (χ1) is 8.42. The van der Waals surface area contributed by atoms with E-state index >= 15 is 0 Å². The van der Waals surface area contributed by atoms with E-state index in [0.717, 1.165) is 18.3 Å². The Balaban J connectivity index is 0.000001000. The van der Waals surface area contributed by atoms with E-state index in [4.69, 9.17) is 0 Å². The summed E-state index contributed by atoms with van der Waals surface area (Å²) >= 11 is 3.54. The molecule has 1 aromatic heterocycles. The summed E-state index contributed by atoms with van der Waals surface area (Å²) in [5, 5.41) is 6.86. The third-order valence-corrected chi connectivity index (χ3v) is 4.92. The summed E-state index contributed by atoms with van der Waals surface area (Å²) in [5.41, 5.74) is 2.61. The van der Waals surface area contributed by atoms with Crippen molar-refractivity contribution in [2.24, 2.45) is 4.99 Å². The van der Waals surface area contributed by atoms with Gasteiger partial charge < -0.3 is 4.90 Å². The number of hydrogen-bond donors (Lipinski definition) is 0. The molecule has 0 unspecified atom stereocenters. The largest absolute Gasteiger partial charge is 0.318 e. The van der Waals surface area contributed by atoms with E-state index in [2.05, 4.69) is 44.9 Å².